The number of hydrogen-bond donors (Lipinski definition) is 3. The summed E-state index contributed by atoms with van der Waals surface area (Å²) in [5, 5.41) is 21.6. The van der Waals surface area contributed by atoms with Crippen LogP contribution in [0.15, 0.2) is 60.7 Å². The number of rotatable bonds is 5. The highest BCUT2D eigenvalue weighted by Crippen LogP contribution is 2.31. The number of benzene rings is 3. The number of carbonyl (C=O) groups excluding carboxylic acids is 3. The van der Waals surface area contributed by atoms with Gasteiger partial charge in [-0.25, -0.2) is 9.69 Å². The molecule has 0 aliphatic carbocycles. The van der Waals surface area contributed by atoms with Gasteiger partial charge in [0.15, 0.2) is 0 Å². The highest BCUT2D eigenvalue weighted by Gasteiger charge is 2.38. The second-order valence-electron chi connectivity index (χ2n) is 6.94. The molecule has 0 bridgehead atoms. The molecule has 0 atom stereocenters. The number of imide groups is 1. The Morgan fingerprint density at radius 3 is 2.38 bits per heavy atom. The van der Waals surface area contributed by atoms with E-state index in [1.54, 1.807) is 24.3 Å². The molecule has 160 valence electrons. The molecule has 3 N–H and O–H groups in total. The van der Waals surface area contributed by atoms with E-state index in [0.29, 0.717) is 5.56 Å². The van der Waals surface area contributed by atoms with Crippen LogP contribution in [-0.2, 0) is 6.61 Å². The van der Waals surface area contributed by atoms with Crippen molar-refractivity contribution in [2.75, 3.05) is 10.2 Å². The van der Waals surface area contributed by atoms with E-state index in [0.717, 1.165) is 4.90 Å². The fraction of sp³-hybridized carbons (Fsp3) is 0.0435. The summed E-state index contributed by atoms with van der Waals surface area (Å²) in [4.78, 5) is 51.0. The molecule has 8 nitrogen and oxygen atoms in total. The fourth-order valence-corrected chi connectivity index (χ4v) is 3.64. The lowest BCUT2D eigenvalue weighted by molar-refractivity contribution is 0.0697. The van der Waals surface area contributed by atoms with Gasteiger partial charge in [0.1, 0.15) is 0 Å². The number of fused-ring (bicyclic) bond motifs is 1. The summed E-state index contributed by atoms with van der Waals surface area (Å²) in [5.74, 6) is -3.12. The van der Waals surface area contributed by atoms with Crippen LogP contribution in [0.1, 0.15) is 47.0 Å². The number of amides is 3. The van der Waals surface area contributed by atoms with Crippen LogP contribution in [0.4, 0.5) is 11.4 Å². The first-order chi connectivity index (χ1) is 15.3. The number of aliphatic hydroxyl groups excluding tert-OH is 1. The van der Waals surface area contributed by atoms with Gasteiger partial charge in [0.05, 0.1) is 34.7 Å². The quantitative estimate of drug-likeness (QED) is 0.510. The number of carboxylic acid groups (broad SMARTS) is 1. The lowest BCUT2D eigenvalue weighted by Crippen LogP contribution is -2.30. The van der Waals surface area contributed by atoms with Crippen LogP contribution in [0.25, 0.3) is 0 Å². The van der Waals surface area contributed by atoms with Gasteiger partial charge in [0.2, 0.25) is 0 Å². The predicted molar refractivity (Wildman–Crippen MR) is 116 cm³/mol. The molecule has 0 fully saturated rings. The molecule has 4 rings (SSSR count). The molecule has 0 spiro atoms. The minimum atomic E-state index is -1.25. The smallest absolute Gasteiger partial charge is 0.337 e. The molecule has 0 radical (unpaired) electrons. The largest absolute Gasteiger partial charge is 0.478 e. The number of para-hydroxylation sites is 1. The maximum Gasteiger partial charge on any atom is 0.337 e. The van der Waals surface area contributed by atoms with Gasteiger partial charge < -0.3 is 15.5 Å². The van der Waals surface area contributed by atoms with E-state index < -0.39 is 23.7 Å². The average Bonchev–Trinajstić information content (AvgIpc) is 3.03. The van der Waals surface area contributed by atoms with E-state index >= 15 is 0 Å². The van der Waals surface area contributed by atoms with Gasteiger partial charge in [-0.1, -0.05) is 29.8 Å². The van der Waals surface area contributed by atoms with Crippen LogP contribution >= 0.6 is 11.6 Å². The summed E-state index contributed by atoms with van der Waals surface area (Å²) in [5.41, 5.74) is 0.712. The van der Waals surface area contributed by atoms with Gasteiger partial charge in [-0.15, -0.1) is 0 Å². The monoisotopic (exact) mass is 450 g/mol. The van der Waals surface area contributed by atoms with E-state index in [9.17, 15) is 29.4 Å². The molecule has 0 saturated heterocycles. The molecule has 1 heterocycles. The minimum Gasteiger partial charge on any atom is -0.478 e. The summed E-state index contributed by atoms with van der Waals surface area (Å²) in [6.45, 7) is -0.358. The molecule has 3 aromatic rings. The van der Waals surface area contributed by atoms with Gasteiger partial charge in [-0.2, -0.15) is 0 Å². The fourth-order valence-electron chi connectivity index (χ4n) is 3.46. The second kappa shape index (κ2) is 8.26. The molecule has 0 saturated carbocycles. The standard InChI is InChI=1S/C23H15ClN2O6/c24-14-6-8-16(23(31)32)18(10-14)25-20(28)12-5-7-15-17(9-12)22(30)26(21(15)29)19-4-2-1-3-13(19)11-27/h1-10,27H,11H2,(H,25,28)(H,31,32). The summed E-state index contributed by atoms with van der Waals surface area (Å²) < 4.78 is 0. The number of aromatic carboxylic acids is 1. The lowest BCUT2D eigenvalue weighted by Gasteiger charge is -2.17. The Morgan fingerprint density at radius 1 is 0.938 bits per heavy atom. The van der Waals surface area contributed by atoms with Crippen molar-refractivity contribution in [1.29, 1.82) is 0 Å². The molecule has 3 aromatic carbocycles. The van der Waals surface area contributed by atoms with Crippen LogP contribution in [0.2, 0.25) is 5.02 Å². The van der Waals surface area contributed by atoms with E-state index in [-0.39, 0.29) is 45.3 Å². The summed E-state index contributed by atoms with van der Waals surface area (Å²) in [7, 11) is 0. The van der Waals surface area contributed by atoms with Crippen molar-refractivity contribution in [3.63, 3.8) is 0 Å². The predicted octanol–water partition coefficient (Wildman–Crippen LogP) is 3.58. The molecule has 1 aliphatic rings. The van der Waals surface area contributed by atoms with Crippen LogP contribution in [0.3, 0.4) is 0 Å². The van der Waals surface area contributed by atoms with E-state index in [1.807, 2.05) is 0 Å². The van der Waals surface area contributed by atoms with E-state index in [1.165, 1.54) is 36.4 Å². The van der Waals surface area contributed by atoms with E-state index in [2.05, 4.69) is 5.32 Å². The van der Waals surface area contributed by atoms with Crippen LogP contribution < -0.4 is 10.2 Å². The van der Waals surface area contributed by atoms with Crippen LogP contribution in [0, 0.1) is 0 Å². The Hall–Kier alpha value is -4.01. The average molecular weight is 451 g/mol. The van der Waals surface area contributed by atoms with Crippen LogP contribution in [0.5, 0.6) is 0 Å². The second-order valence-corrected chi connectivity index (χ2v) is 7.38. The zero-order chi connectivity index (χ0) is 23.0. The highest BCUT2D eigenvalue weighted by molar-refractivity contribution is 6.35. The maximum absolute atomic E-state index is 13.0. The van der Waals surface area contributed by atoms with Gasteiger partial charge in [0, 0.05) is 16.1 Å². The SMILES string of the molecule is O=C(Nc1cc(Cl)ccc1C(=O)O)c1ccc2c(c1)C(=O)N(c1ccccc1CO)C2=O. The Kier molecular flexibility index (Phi) is 5.48. The molecule has 3 amide bonds. The summed E-state index contributed by atoms with van der Waals surface area (Å²) in [6.07, 6.45) is 0. The normalized spacial score (nSPS) is 12.6. The third-order valence-corrected chi connectivity index (χ3v) is 5.25. The summed E-state index contributed by atoms with van der Waals surface area (Å²) in [6, 6.07) is 14.4. The van der Waals surface area contributed by atoms with Gasteiger partial charge in [-0.3, -0.25) is 14.4 Å². The molecule has 32 heavy (non-hydrogen) atoms. The Morgan fingerprint density at radius 2 is 1.66 bits per heavy atom. The van der Waals surface area contributed by atoms with Crippen molar-refractivity contribution in [2.24, 2.45) is 0 Å². The molecular formula is C23H15ClN2O6. The van der Waals surface area contributed by atoms with Crippen molar-refractivity contribution in [1.82, 2.24) is 0 Å². The number of halogens is 1. The zero-order valence-corrected chi connectivity index (χ0v) is 17.1. The molecule has 9 heteroatoms. The summed E-state index contributed by atoms with van der Waals surface area (Å²) >= 11 is 5.91. The molecular weight excluding hydrogens is 436 g/mol. The number of aliphatic hydroxyl groups is 1. The first-order valence-corrected chi connectivity index (χ1v) is 9.75. The molecule has 0 unspecified atom stereocenters. The third-order valence-electron chi connectivity index (χ3n) is 5.01. The van der Waals surface area contributed by atoms with Gasteiger partial charge in [0.25, 0.3) is 17.7 Å². The molecule has 1 aliphatic heterocycles. The Labute approximate surface area is 186 Å². The van der Waals surface area contributed by atoms with Crippen LogP contribution in [-0.4, -0.2) is 33.9 Å². The first-order valence-electron chi connectivity index (χ1n) is 9.37. The number of carbonyl (C=O) groups is 4. The number of hydrogen-bond acceptors (Lipinski definition) is 5. The topological polar surface area (TPSA) is 124 Å². The number of nitrogens with one attached hydrogen (secondary N) is 1. The zero-order valence-electron chi connectivity index (χ0n) is 16.3. The first kappa shape index (κ1) is 21.2. The van der Waals surface area contributed by atoms with Crippen molar-refractivity contribution < 1.29 is 29.4 Å². The maximum atomic E-state index is 13.0. The van der Waals surface area contributed by atoms with Crippen molar-refractivity contribution in [3.05, 3.63) is 93.5 Å². The van der Waals surface area contributed by atoms with Gasteiger partial charge in [-0.05, 0) is 42.5 Å². The highest BCUT2D eigenvalue weighted by atomic mass is 35.5. The van der Waals surface area contributed by atoms with E-state index in [4.69, 9.17) is 11.6 Å². The van der Waals surface area contributed by atoms with Crippen molar-refractivity contribution in [3.8, 4) is 0 Å². The number of anilines is 2. The third kappa shape index (κ3) is 3.62. The molecule has 0 aromatic heterocycles. The van der Waals surface area contributed by atoms with Crippen molar-refractivity contribution >= 4 is 46.7 Å². The Bertz CT molecular complexity index is 1300. The number of carboxylic acids is 1. The van der Waals surface area contributed by atoms with Crippen molar-refractivity contribution in [2.45, 2.75) is 6.61 Å². The number of nitrogens with zero attached hydrogens (tertiary/aromatic N) is 1. The Balaban J connectivity index is 1.67. The lowest BCUT2D eigenvalue weighted by atomic mass is 10.0. The van der Waals surface area contributed by atoms with Gasteiger partial charge >= 0.3 is 5.97 Å². The minimum absolute atomic E-state index is 0.00333.